The molecule has 3 N–H and O–H groups in total. The maximum Gasteiger partial charge on any atom is 0.0811 e. The van der Waals surface area contributed by atoms with Crippen molar-refractivity contribution in [1.82, 2.24) is 0 Å². The van der Waals surface area contributed by atoms with Crippen LogP contribution in [0, 0.1) is 0 Å². The Kier molecular flexibility index (Phi) is 7.77. The van der Waals surface area contributed by atoms with Crippen molar-refractivity contribution in [1.29, 1.82) is 0 Å². The van der Waals surface area contributed by atoms with Gasteiger partial charge in [-0.05, 0) is 32.1 Å². The van der Waals surface area contributed by atoms with Gasteiger partial charge >= 0.3 is 0 Å². The third-order valence-corrected chi connectivity index (χ3v) is 3.46. The minimum absolute atomic E-state index is 0.0258. The molecule has 0 aromatic heterocycles. The predicted octanol–water partition coefficient (Wildman–Crippen LogP) is 0.455. The second kappa shape index (κ2) is 8.82. The third kappa shape index (κ3) is 5.20. The van der Waals surface area contributed by atoms with Gasteiger partial charge in [-0.3, -0.25) is 0 Å². The molecule has 108 valence electrons. The van der Waals surface area contributed by atoms with Gasteiger partial charge in [-0.2, -0.15) is 0 Å². The molecule has 0 spiro atoms. The lowest BCUT2D eigenvalue weighted by Crippen LogP contribution is -2.16. The van der Waals surface area contributed by atoms with Crippen LogP contribution in [0.15, 0.2) is 0 Å². The average molecular weight is 262 g/mol. The Balaban J connectivity index is 0.000000180. The molecule has 0 saturated carbocycles. The molecule has 2 heterocycles. The summed E-state index contributed by atoms with van der Waals surface area (Å²) in [7, 11) is 0. The molecular weight excluding hydrogens is 236 g/mol. The summed E-state index contributed by atoms with van der Waals surface area (Å²) >= 11 is 0. The quantitative estimate of drug-likeness (QED) is 0.686. The smallest absolute Gasteiger partial charge is 0.0811 e. The van der Waals surface area contributed by atoms with Crippen molar-refractivity contribution in [2.45, 2.75) is 63.4 Å². The molecule has 0 aliphatic carbocycles. The van der Waals surface area contributed by atoms with Crippen molar-refractivity contribution in [3.05, 3.63) is 0 Å². The topological polar surface area (TPSA) is 79.2 Å². The zero-order valence-electron chi connectivity index (χ0n) is 11.1. The van der Waals surface area contributed by atoms with Crippen LogP contribution in [0.1, 0.15) is 39.0 Å². The lowest BCUT2D eigenvalue weighted by molar-refractivity contribution is -0.0119. The summed E-state index contributed by atoms with van der Waals surface area (Å²) in [5, 5.41) is 25.8. The highest BCUT2D eigenvalue weighted by Crippen LogP contribution is 2.20. The van der Waals surface area contributed by atoms with Crippen LogP contribution in [-0.2, 0) is 9.47 Å². The molecule has 2 rings (SSSR count). The van der Waals surface area contributed by atoms with Crippen LogP contribution in [0.25, 0.3) is 0 Å². The summed E-state index contributed by atoms with van der Waals surface area (Å²) in [4.78, 5) is 0. The molecule has 4 atom stereocenters. The van der Waals surface area contributed by atoms with Gasteiger partial charge in [0.2, 0.25) is 0 Å². The molecule has 2 fully saturated rings. The highest BCUT2D eigenvalue weighted by atomic mass is 16.5. The van der Waals surface area contributed by atoms with E-state index >= 15 is 0 Å². The van der Waals surface area contributed by atoms with Gasteiger partial charge in [-0.25, -0.2) is 0 Å². The van der Waals surface area contributed by atoms with E-state index in [9.17, 15) is 0 Å². The van der Waals surface area contributed by atoms with Gasteiger partial charge in [0, 0.05) is 0 Å². The van der Waals surface area contributed by atoms with Crippen molar-refractivity contribution in [2.24, 2.45) is 0 Å². The summed E-state index contributed by atoms with van der Waals surface area (Å²) < 4.78 is 10.6. The third-order valence-electron chi connectivity index (χ3n) is 3.46. The molecule has 0 aromatic rings. The molecule has 5 heteroatoms. The number of ether oxygens (including phenoxy) is 2. The van der Waals surface area contributed by atoms with E-state index in [0.29, 0.717) is 6.10 Å². The van der Waals surface area contributed by atoms with Crippen molar-refractivity contribution < 1.29 is 24.8 Å². The molecule has 2 aliphatic heterocycles. The Morgan fingerprint density at radius 1 is 0.722 bits per heavy atom. The minimum atomic E-state index is -0.0258. The monoisotopic (exact) mass is 262 g/mol. The first kappa shape index (κ1) is 15.9. The number of aliphatic hydroxyl groups is 3. The van der Waals surface area contributed by atoms with Crippen LogP contribution < -0.4 is 0 Å². The summed E-state index contributed by atoms with van der Waals surface area (Å²) in [6, 6.07) is 0. The molecule has 0 bridgehead atoms. The zero-order valence-corrected chi connectivity index (χ0v) is 11.1. The molecular formula is C13H26O5. The van der Waals surface area contributed by atoms with E-state index in [0.717, 1.165) is 32.1 Å². The fourth-order valence-corrected chi connectivity index (χ4v) is 2.26. The zero-order chi connectivity index (χ0) is 13.4. The molecule has 0 aromatic carbocycles. The van der Waals surface area contributed by atoms with E-state index < -0.39 is 0 Å². The Labute approximate surface area is 109 Å². The van der Waals surface area contributed by atoms with Gasteiger partial charge in [-0.1, -0.05) is 6.92 Å². The first-order valence-corrected chi connectivity index (χ1v) is 6.86. The highest BCUT2D eigenvalue weighted by Gasteiger charge is 2.23. The maximum atomic E-state index is 8.65. The molecule has 0 amide bonds. The fourth-order valence-electron chi connectivity index (χ4n) is 2.26. The second-order valence-corrected chi connectivity index (χ2v) is 4.87. The summed E-state index contributed by atoms with van der Waals surface area (Å²) in [5.41, 5.74) is 0. The largest absolute Gasteiger partial charge is 0.394 e. The molecule has 5 nitrogen and oxygen atoms in total. The Morgan fingerprint density at radius 2 is 1.06 bits per heavy atom. The van der Waals surface area contributed by atoms with Crippen LogP contribution in [0.4, 0.5) is 0 Å². The number of hydrogen-bond acceptors (Lipinski definition) is 5. The number of aliphatic hydroxyl groups excluding tert-OH is 3. The van der Waals surface area contributed by atoms with Crippen LogP contribution in [0.2, 0.25) is 0 Å². The van der Waals surface area contributed by atoms with E-state index in [1.807, 2.05) is 0 Å². The average Bonchev–Trinajstić information content (AvgIpc) is 3.07. The molecule has 18 heavy (non-hydrogen) atoms. The standard InChI is InChI=1S/C7H14O2.C6H12O3/c1-2-6-3-4-7(5-8)9-6;7-3-5-1-2-6(4-8)9-5/h6-8H,2-5H2,1H3;5-8H,1-4H2. The van der Waals surface area contributed by atoms with Gasteiger partial charge in [0.25, 0.3) is 0 Å². The van der Waals surface area contributed by atoms with Gasteiger partial charge in [0.15, 0.2) is 0 Å². The van der Waals surface area contributed by atoms with Gasteiger partial charge < -0.3 is 24.8 Å². The van der Waals surface area contributed by atoms with Crippen molar-refractivity contribution >= 4 is 0 Å². The van der Waals surface area contributed by atoms with E-state index in [1.165, 1.54) is 0 Å². The normalized spacial score (nSPS) is 35.3. The second-order valence-electron chi connectivity index (χ2n) is 4.87. The van der Waals surface area contributed by atoms with Crippen molar-refractivity contribution in [3.8, 4) is 0 Å². The SMILES string of the molecule is CCC1CCC(CO)O1.OCC1CCC(CO)O1. The highest BCUT2D eigenvalue weighted by molar-refractivity contribution is 4.72. The Bertz CT molecular complexity index is 170. The van der Waals surface area contributed by atoms with Gasteiger partial charge in [-0.15, -0.1) is 0 Å². The van der Waals surface area contributed by atoms with Crippen molar-refractivity contribution in [2.75, 3.05) is 19.8 Å². The van der Waals surface area contributed by atoms with Crippen LogP contribution in [0.5, 0.6) is 0 Å². The van der Waals surface area contributed by atoms with E-state index in [1.54, 1.807) is 0 Å². The Hall–Kier alpha value is -0.200. The molecule has 0 radical (unpaired) electrons. The van der Waals surface area contributed by atoms with Gasteiger partial charge in [0.1, 0.15) is 0 Å². The Morgan fingerprint density at radius 3 is 1.28 bits per heavy atom. The minimum Gasteiger partial charge on any atom is -0.394 e. The fraction of sp³-hybridized carbons (Fsp3) is 1.00. The van der Waals surface area contributed by atoms with Gasteiger partial charge in [0.05, 0.1) is 44.2 Å². The number of rotatable bonds is 4. The van der Waals surface area contributed by atoms with Crippen LogP contribution in [0.3, 0.4) is 0 Å². The lowest BCUT2D eigenvalue weighted by Gasteiger charge is -2.08. The van der Waals surface area contributed by atoms with E-state index in [2.05, 4.69) is 6.92 Å². The maximum absolute atomic E-state index is 8.65. The van der Waals surface area contributed by atoms with E-state index in [4.69, 9.17) is 24.8 Å². The number of hydrogen-bond donors (Lipinski definition) is 3. The van der Waals surface area contributed by atoms with Crippen LogP contribution >= 0.6 is 0 Å². The summed E-state index contributed by atoms with van der Waals surface area (Å²) in [6.07, 6.45) is 5.50. The first-order valence-electron chi connectivity index (χ1n) is 6.86. The van der Waals surface area contributed by atoms with Crippen molar-refractivity contribution in [3.63, 3.8) is 0 Å². The lowest BCUT2D eigenvalue weighted by atomic mass is 10.2. The summed E-state index contributed by atoms with van der Waals surface area (Å²) in [5.74, 6) is 0. The first-order chi connectivity index (χ1) is 8.73. The summed E-state index contributed by atoms with van der Waals surface area (Å²) in [6.45, 7) is 2.47. The molecule has 2 aliphatic rings. The molecule has 4 unspecified atom stereocenters. The van der Waals surface area contributed by atoms with E-state index in [-0.39, 0.29) is 38.1 Å². The predicted molar refractivity (Wildman–Crippen MR) is 67.3 cm³/mol. The molecule has 2 saturated heterocycles. The van der Waals surface area contributed by atoms with Crippen LogP contribution in [-0.4, -0.2) is 59.6 Å².